The fraction of sp³-hybridized carbons (Fsp3) is 0.294. The zero-order valence-corrected chi connectivity index (χ0v) is 26.5. The van der Waals surface area contributed by atoms with Crippen LogP contribution in [0.1, 0.15) is 41.5 Å². The fourth-order valence-corrected chi connectivity index (χ4v) is 8.36. The van der Waals surface area contributed by atoms with Crippen LogP contribution in [0.15, 0.2) is 96.2 Å². The van der Waals surface area contributed by atoms with Crippen molar-refractivity contribution in [2.75, 3.05) is 0 Å². The van der Waals surface area contributed by atoms with Crippen molar-refractivity contribution in [3.8, 4) is 0 Å². The molecule has 1 aliphatic rings. The minimum atomic E-state index is -6.22. The topological polar surface area (TPSA) is 85.4 Å². The molecule has 1 aliphatic carbocycles. The third-order valence-electron chi connectivity index (χ3n) is 8.81. The second-order valence-electron chi connectivity index (χ2n) is 11.7. The van der Waals surface area contributed by atoms with E-state index < -0.39 is 90.9 Å². The second kappa shape index (κ2) is 13.7. The minimum Gasteiger partial charge on any atom is -0.352 e. The number of hydrogen-bond acceptors (Lipinski definition) is 5. The number of carbonyl (C=O) groups is 1. The molecule has 0 saturated heterocycles. The Morgan fingerprint density at radius 1 is 0.840 bits per heavy atom. The molecule has 0 spiro atoms. The van der Waals surface area contributed by atoms with Crippen LogP contribution in [0.3, 0.4) is 0 Å². The van der Waals surface area contributed by atoms with E-state index in [0.717, 1.165) is 42.5 Å². The quantitative estimate of drug-likeness (QED) is 0.133. The van der Waals surface area contributed by atoms with Crippen LogP contribution in [0, 0.1) is 23.4 Å². The number of sulfone groups is 1. The Morgan fingerprint density at radius 2 is 1.42 bits per heavy atom. The van der Waals surface area contributed by atoms with Crippen LogP contribution < -0.4 is 5.32 Å². The van der Waals surface area contributed by atoms with Crippen LogP contribution >= 0.6 is 0 Å². The van der Waals surface area contributed by atoms with Gasteiger partial charge in [0, 0.05) is 36.0 Å². The standard InChI is InChI=1S/C34H27F9N2O4S/c35-25-8-10-26(11-9-25)50(47,48)31(15-12-22(18-31)30(46)45-19-21-13-16-44-17-14-21)23-4-6-24(7-5-23)32(33(38,39)40,34(41,42)43)49-20-27-28(36)2-1-3-29(27)37/h1-11,13-14,16-17,22H,12,15,18-20H2,(H,45,46)/t22-,31+/m1/s1. The predicted molar refractivity (Wildman–Crippen MR) is 160 cm³/mol. The van der Waals surface area contributed by atoms with Gasteiger partial charge in [-0.05, 0) is 78.9 Å². The van der Waals surface area contributed by atoms with Gasteiger partial charge in [-0.3, -0.25) is 9.78 Å². The van der Waals surface area contributed by atoms with E-state index >= 15 is 0 Å². The summed E-state index contributed by atoms with van der Waals surface area (Å²) in [5.74, 6) is -5.14. The van der Waals surface area contributed by atoms with E-state index in [2.05, 4.69) is 15.0 Å². The number of carbonyl (C=O) groups excluding carboxylic acids is 1. The molecule has 0 radical (unpaired) electrons. The van der Waals surface area contributed by atoms with E-state index in [4.69, 9.17) is 0 Å². The summed E-state index contributed by atoms with van der Waals surface area (Å²) in [4.78, 5) is 16.7. The summed E-state index contributed by atoms with van der Waals surface area (Å²) in [6.45, 7) is -1.70. The molecule has 1 amide bonds. The summed E-state index contributed by atoms with van der Waals surface area (Å²) in [6, 6.07) is 11.3. The number of halogens is 9. The normalized spacial score (nSPS) is 18.6. The summed E-state index contributed by atoms with van der Waals surface area (Å²) in [7, 11) is -4.58. The maximum atomic E-state index is 14.5. The molecule has 1 heterocycles. The van der Waals surface area contributed by atoms with Crippen LogP contribution in [0.5, 0.6) is 0 Å². The van der Waals surface area contributed by atoms with Crippen molar-refractivity contribution in [2.24, 2.45) is 5.92 Å². The third-order valence-corrected chi connectivity index (χ3v) is 11.3. The summed E-state index contributed by atoms with van der Waals surface area (Å²) in [5, 5.41) is 2.70. The average molecular weight is 731 g/mol. The molecule has 2 atom stereocenters. The van der Waals surface area contributed by atoms with Crippen LogP contribution in [0.2, 0.25) is 0 Å². The first-order chi connectivity index (χ1) is 23.4. The highest BCUT2D eigenvalue weighted by molar-refractivity contribution is 7.92. The van der Waals surface area contributed by atoms with Gasteiger partial charge in [-0.25, -0.2) is 21.6 Å². The van der Waals surface area contributed by atoms with Gasteiger partial charge in [-0.2, -0.15) is 26.3 Å². The predicted octanol–water partition coefficient (Wildman–Crippen LogP) is 7.82. The summed E-state index contributed by atoms with van der Waals surface area (Å²) < 4.78 is 160. The maximum absolute atomic E-state index is 14.5. The summed E-state index contributed by atoms with van der Waals surface area (Å²) >= 11 is 0. The highest BCUT2D eigenvalue weighted by Crippen LogP contribution is 2.55. The molecule has 1 aromatic heterocycles. The van der Waals surface area contributed by atoms with Gasteiger partial charge in [-0.1, -0.05) is 30.3 Å². The molecule has 16 heteroatoms. The maximum Gasteiger partial charge on any atom is 0.430 e. The van der Waals surface area contributed by atoms with Crippen molar-refractivity contribution >= 4 is 15.7 Å². The number of ether oxygens (including phenoxy) is 1. The number of nitrogens with one attached hydrogen (secondary N) is 1. The van der Waals surface area contributed by atoms with Crippen molar-refractivity contribution in [1.29, 1.82) is 0 Å². The van der Waals surface area contributed by atoms with Crippen LogP contribution in [0.25, 0.3) is 0 Å². The Bertz CT molecular complexity index is 1900. The lowest BCUT2D eigenvalue weighted by Gasteiger charge is -2.38. The van der Waals surface area contributed by atoms with E-state index in [1.807, 2.05) is 0 Å². The Balaban J connectivity index is 1.56. The number of aromatic nitrogens is 1. The number of pyridine rings is 1. The van der Waals surface area contributed by atoms with Gasteiger partial charge in [0.1, 0.15) is 22.2 Å². The molecule has 0 unspecified atom stereocenters. The minimum absolute atomic E-state index is 0.0310. The van der Waals surface area contributed by atoms with E-state index in [-0.39, 0.29) is 24.9 Å². The highest BCUT2D eigenvalue weighted by Gasteiger charge is 2.73. The SMILES string of the molecule is O=C(NCc1ccncc1)[C@@H]1CC[C@](c2ccc(C(OCc3c(F)cccc3F)(C(F)(F)F)C(F)(F)F)cc2)(S(=O)(=O)c2ccc(F)cc2)C1. The third kappa shape index (κ3) is 6.70. The molecule has 4 aromatic rings. The number of amides is 1. The number of hydrogen-bond donors (Lipinski definition) is 1. The van der Waals surface area contributed by atoms with E-state index in [9.17, 15) is 52.7 Å². The van der Waals surface area contributed by atoms with Crippen LogP contribution in [0.4, 0.5) is 39.5 Å². The summed E-state index contributed by atoms with van der Waals surface area (Å²) in [6.07, 6.45) is -10.2. The molecular formula is C34H27F9N2O4S. The second-order valence-corrected chi connectivity index (χ2v) is 14.0. The average Bonchev–Trinajstić information content (AvgIpc) is 3.52. The van der Waals surface area contributed by atoms with Crippen molar-refractivity contribution in [3.05, 3.63) is 131 Å². The first-order valence-corrected chi connectivity index (χ1v) is 16.4. The number of alkyl halides is 6. The van der Waals surface area contributed by atoms with Gasteiger partial charge < -0.3 is 10.1 Å². The van der Waals surface area contributed by atoms with E-state index in [0.29, 0.717) is 29.8 Å². The van der Waals surface area contributed by atoms with E-state index in [1.165, 1.54) is 12.4 Å². The Kier molecular flexibility index (Phi) is 10.1. The molecule has 1 fully saturated rings. The molecule has 5 rings (SSSR count). The molecule has 266 valence electrons. The number of rotatable bonds is 10. The zero-order chi connectivity index (χ0) is 36.5. The lowest BCUT2D eigenvalue weighted by molar-refractivity contribution is -0.392. The van der Waals surface area contributed by atoms with Gasteiger partial charge in [0.2, 0.25) is 5.91 Å². The molecule has 0 bridgehead atoms. The van der Waals surface area contributed by atoms with Crippen molar-refractivity contribution in [2.45, 2.75) is 60.0 Å². The summed E-state index contributed by atoms with van der Waals surface area (Å²) in [5.41, 5.74) is -7.37. The van der Waals surface area contributed by atoms with Gasteiger partial charge in [0.15, 0.2) is 9.84 Å². The fourth-order valence-electron chi connectivity index (χ4n) is 6.16. The smallest absolute Gasteiger partial charge is 0.352 e. The first kappa shape index (κ1) is 36.8. The van der Waals surface area contributed by atoms with Gasteiger partial charge in [-0.15, -0.1) is 0 Å². The monoisotopic (exact) mass is 730 g/mol. The Labute approximate surface area is 280 Å². The van der Waals surface area contributed by atoms with Gasteiger partial charge >= 0.3 is 12.4 Å². The van der Waals surface area contributed by atoms with Crippen LogP contribution in [-0.4, -0.2) is 31.7 Å². The molecule has 50 heavy (non-hydrogen) atoms. The van der Waals surface area contributed by atoms with Gasteiger partial charge in [0.25, 0.3) is 5.60 Å². The first-order valence-electron chi connectivity index (χ1n) is 14.9. The molecule has 3 aromatic carbocycles. The molecule has 6 nitrogen and oxygen atoms in total. The lowest BCUT2D eigenvalue weighted by atomic mass is 9.88. The van der Waals surface area contributed by atoms with E-state index in [1.54, 1.807) is 12.1 Å². The Hall–Kier alpha value is -4.44. The molecule has 0 aliphatic heterocycles. The largest absolute Gasteiger partial charge is 0.430 e. The number of benzene rings is 3. The van der Waals surface area contributed by atoms with Crippen molar-refractivity contribution < 1.29 is 57.5 Å². The van der Waals surface area contributed by atoms with Crippen molar-refractivity contribution in [1.82, 2.24) is 10.3 Å². The molecular weight excluding hydrogens is 703 g/mol. The lowest BCUT2D eigenvalue weighted by Crippen LogP contribution is -2.56. The zero-order valence-electron chi connectivity index (χ0n) is 25.7. The Morgan fingerprint density at radius 3 is 1.98 bits per heavy atom. The highest BCUT2D eigenvalue weighted by atomic mass is 32.2. The van der Waals surface area contributed by atoms with Crippen LogP contribution in [-0.2, 0) is 42.9 Å². The van der Waals surface area contributed by atoms with Gasteiger partial charge in [0.05, 0.1) is 11.5 Å². The number of nitrogens with zero attached hydrogens (tertiary/aromatic N) is 1. The molecule has 1 N–H and O–H groups in total. The van der Waals surface area contributed by atoms with Crippen molar-refractivity contribution in [3.63, 3.8) is 0 Å². The molecule has 1 saturated carbocycles.